The lowest BCUT2D eigenvalue weighted by Crippen LogP contribution is -2.28. The number of carbonyl (C=O) groups is 1. The Morgan fingerprint density at radius 3 is 2.95 bits per heavy atom. The number of methoxy groups -OCH3 is 1. The summed E-state index contributed by atoms with van der Waals surface area (Å²) in [6.45, 7) is 1.54. The average molecular weight is 265 g/mol. The van der Waals surface area contributed by atoms with Gasteiger partial charge in [-0.3, -0.25) is 4.79 Å². The summed E-state index contributed by atoms with van der Waals surface area (Å²) in [4.78, 5) is 14.0. The summed E-state index contributed by atoms with van der Waals surface area (Å²) >= 11 is 0. The van der Waals surface area contributed by atoms with Gasteiger partial charge in [0.2, 0.25) is 0 Å². The van der Waals surface area contributed by atoms with Crippen molar-refractivity contribution in [3.8, 4) is 11.5 Å². The number of hydrogen-bond acceptors (Lipinski definition) is 4. The molecule has 2 rings (SSSR count). The van der Waals surface area contributed by atoms with E-state index in [-0.39, 0.29) is 18.3 Å². The Morgan fingerprint density at radius 1 is 1.53 bits per heavy atom. The Labute approximate surface area is 112 Å². The number of phenols is 1. The lowest BCUT2D eigenvalue weighted by Gasteiger charge is -2.17. The van der Waals surface area contributed by atoms with Gasteiger partial charge < -0.3 is 19.8 Å². The summed E-state index contributed by atoms with van der Waals surface area (Å²) in [5.74, 6) is 0.620. The topological polar surface area (TPSA) is 70.0 Å². The Hall–Kier alpha value is -1.75. The first-order valence-electron chi connectivity index (χ1n) is 6.43. The highest BCUT2D eigenvalue weighted by atomic mass is 16.5. The molecule has 1 amide bonds. The highest BCUT2D eigenvalue weighted by Gasteiger charge is 2.26. The van der Waals surface area contributed by atoms with Crippen LogP contribution in [0.3, 0.4) is 0 Å². The first-order valence-corrected chi connectivity index (χ1v) is 6.43. The van der Waals surface area contributed by atoms with E-state index in [1.807, 2.05) is 0 Å². The lowest BCUT2D eigenvalue weighted by atomic mass is 10.1. The molecular formula is C14H19NO4. The van der Waals surface area contributed by atoms with Crippen molar-refractivity contribution < 1.29 is 19.7 Å². The van der Waals surface area contributed by atoms with Crippen molar-refractivity contribution in [2.75, 3.05) is 26.8 Å². The molecular weight excluding hydrogens is 246 g/mol. The van der Waals surface area contributed by atoms with Gasteiger partial charge >= 0.3 is 0 Å². The van der Waals surface area contributed by atoms with Gasteiger partial charge in [-0.15, -0.1) is 0 Å². The predicted molar refractivity (Wildman–Crippen MR) is 70.4 cm³/mol. The normalized spacial score (nSPS) is 18.6. The zero-order chi connectivity index (χ0) is 13.8. The van der Waals surface area contributed by atoms with E-state index in [2.05, 4.69) is 0 Å². The van der Waals surface area contributed by atoms with E-state index in [1.54, 1.807) is 17.0 Å². The third-order valence-corrected chi connectivity index (χ3v) is 3.54. The van der Waals surface area contributed by atoms with Gasteiger partial charge in [-0.1, -0.05) is 0 Å². The zero-order valence-electron chi connectivity index (χ0n) is 11.0. The minimum Gasteiger partial charge on any atom is -0.504 e. The van der Waals surface area contributed by atoms with Crippen molar-refractivity contribution in [2.45, 2.75) is 12.8 Å². The molecule has 1 unspecified atom stereocenters. The standard InChI is InChI=1S/C14H19NO4/c1-19-13-3-2-11(8-12(13)17)14(18)15-6-4-10(9-15)5-7-16/h2-3,8,10,16-17H,4-7,9H2,1H3. The van der Waals surface area contributed by atoms with Gasteiger partial charge in [-0.2, -0.15) is 0 Å². The van der Waals surface area contributed by atoms with E-state index in [4.69, 9.17) is 9.84 Å². The number of aliphatic hydroxyl groups excluding tert-OH is 1. The summed E-state index contributed by atoms with van der Waals surface area (Å²) < 4.78 is 4.95. The molecule has 5 nitrogen and oxygen atoms in total. The van der Waals surface area contributed by atoms with Crippen LogP contribution < -0.4 is 4.74 Å². The fourth-order valence-corrected chi connectivity index (χ4v) is 2.44. The van der Waals surface area contributed by atoms with E-state index in [0.29, 0.717) is 30.3 Å². The van der Waals surface area contributed by atoms with Crippen LogP contribution in [0.2, 0.25) is 0 Å². The van der Waals surface area contributed by atoms with Crippen LogP contribution in [0.25, 0.3) is 0 Å². The monoisotopic (exact) mass is 265 g/mol. The third-order valence-electron chi connectivity index (χ3n) is 3.54. The summed E-state index contributed by atoms with van der Waals surface area (Å²) in [5.41, 5.74) is 0.461. The average Bonchev–Trinajstić information content (AvgIpc) is 2.87. The molecule has 5 heteroatoms. The Morgan fingerprint density at radius 2 is 2.32 bits per heavy atom. The Balaban J connectivity index is 2.06. The number of nitrogens with zero attached hydrogens (tertiary/aromatic N) is 1. The van der Waals surface area contributed by atoms with E-state index >= 15 is 0 Å². The smallest absolute Gasteiger partial charge is 0.254 e. The van der Waals surface area contributed by atoms with Crippen LogP contribution in [0, 0.1) is 5.92 Å². The number of likely N-dealkylation sites (tertiary alicyclic amines) is 1. The summed E-state index contributed by atoms with van der Waals surface area (Å²) in [6.07, 6.45) is 1.66. The number of aromatic hydroxyl groups is 1. The molecule has 1 fully saturated rings. The van der Waals surface area contributed by atoms with Crippen molar-refractivity contribution >= 4 is 5.91 Å². The van der Waals surface area contributed by atoms with Crippen LogP contribution in [-0.2, 0) is 0 Å². The van der Waals surface area contributed by atoms with Crippen molar-refractivity contribution in [3.05, 3.63) is 23.8 Å². The van der Waals surface area contributed by atoms with Crippen molar-refractivity contribution in [2.24, 2.45) is 5.92 Å². The second-order valence-corrected chi connectivity index (χ2v) is 4.80. The number of amides is 1. The second kappa shape index (κ2) is 5.93. The van der Waals surface area contributed by atoms with Crippen molar-refractivity contribution in [1.82, 2.24) is 4.90 Å². The highest BCUT2D eigenvalue weighted by molar-refractivity contribution is 5.95. The van der Waals surface area contributed by atoms with Crippen molar-refractivity contribution in [1.29, 1.82) is 0 Å². The van der Waals surface area contributed by atoms with Crippen LogP contribution in [0.1, 0.15) is 23.2 Å². The first kappa shape index (κ1) is 13.7. The maximum atomic E-state index is 12.3. The first-order chi connectivity index (χ1) is 9.15. The molecule has 1 atom stereocenters. The van der Waals surface area contributed by atoms with Gasteiger partial charge in [0.25, 0.3) is 5.91 Å². The zero-order valence-corrected chi connectivity index (χ0v) is 11.0. The third kappa shape index (κ3) is 2.98. The number of hydrogen-bond donors (Lipinski definition) is 2. The number of carbonyl (C=O) groups excluding carboxylic acids is 1. The molecule has 0 aromatic heterocycles. The van der Waals surface area contributed by atoms with Gasteiger partial charge in [0, 0.05) is 25.3 Å². The Bertz CT molecular complexity index is 461. The molecule has 0 bridgehead atoms. The molecule has 0 radical (unpaired) electrons. The van der Waals surface area contributed by atoms with E-state index in [0.717, 1.165) is 12.8 Å². The number of rotatable bonds is 4. The number of phenolic OH excluding ortho intramolecular Hbond substituents is 1. The molecule has 1 saturated heterocycles. The summed E-state index contributed by atoms with van der Waals surface area (Å²) in [6, 6.07) is 4.67. The molecule has 0 saturated carbocycles. The lowest BCUT2D eigenvalue weighted by molar-refractivity contribution is 0.0784. The SMILES string of the molecule is COc1ccc(C(=O)N2CCC(CCO)C2)cc1O. The fraction of sp³-hybridized carbons (Fsp3) is 0.500. The van der Waals surface area contributed by atoms with Crippen molar-refractivity contribution in [3.63, 3.8) is 0 Å². The van der Waals surface area contributed by atoms with Crippen LogP contribution in [0.5, 0.6) is 11.5 Å². The van der Waals surface area contributed by atoms with Gasteiger partial charge in [-0.05, 0) is 37.0 Å². The van der Waals surface area contributed by atoms with Gasteiger partial charge in [-0.25, -0.2) is 0 Å². The van der Waals surface area contributed by atoms with Gasteiger partial charge in [0.15, 0.2) is 11.5 Å². The largest absolute Gasteiger partial charge is 0.504 e. The summed E-state index contributed by atoms with van der Waals surface area (Å²) in [7, 11) is 1.47. The van der Waals surface area contributed by atoms with E-state index in [1.165, 1.54) is 13.2 Å². The van der Waals surface area contributed by atoms with E-state index < -0.39 is 0 Å². The summed E-state index contributed by atoms with van der Waals surface area (Å²) in [5, 5.41) is 18.6. The molecule has 19 heavy (non-hydrogen) atoms. The maximum absolute atomic E-state index is 12.3. The minimum atomic E-state index is -0.0848. The number of ether oxygens (including phenoxy) is 1. The quantitative estimate of drug-likeness (QED) is 0.859. The van der Waals surface area contributed by atoms with Gasteiger partial charge in [0.1, 0.15) is 0 Å². The molecule has 1 aromatic rings. The number of aliphatic hydroxyl groups is 1. The van der Waals surface area contributed by atoms with Gasteiger partial charge in [0.05, 0.1) is 7.11 Å². The van der Waals surface area contributed by atoms with Crippen LogP contribution in [0.15, 0.2) is 18.2 Å². The molecule has 0 aliphatic carbocycles. The molecule has 2 N–H and O–H groups in total. The minimum absolute atomic E-state index is 0.0283. The molecule has 1 heterocycles. The van der Waals surface area contributed by atoms with Crippen LogP contribution in [-0.4, -0.2) is 47.8 Å². The second-order valence-electron chi connectivity index (χ2n) is 4.80. The maximum Gasteiger partial charge on any atom is 0.254 e. The van der Waals surface area contributed by atoms with Crippen LogP contribution in [0.4, 0.5) is 0 Å². The molecule has 1 aliphatic heterocycles. The molecule has 1 aromatic carbocycles. The van der Waals surface area contributed by atoms with Crippen LogP contribution >= 0.6 is 0 Å². The number of benzene rings is 1. The molecule has 1 aliphatic rings. The molecule has 0 spiro atoms. The fourth-order valence-electron chi connectivity index (χ4n) is 2.44. The Kier molecular flexibility index (Phi) is 4.27. The highest BCUT2D eigenvalue weighted by Crippen LogP contribution is 2.28. The predicted octanol–water partition coefficient (Wildman–Crippen LogP) is 1.25. The molecule has 104 valence electrons. The van der Waals surface area contributed by atoms with E-state index in [9.17, 15) is 9.90 Å².